The fraction of sp³-hybridized carbons (Fsp3) is 0.333. The molecule has 31 heavy (non-hydrogen) atoms. The summed E-state index contributed by atoms with van der Waals surface area (Å²) < 4.78 is 15.9. The van der Waals surface area contributed by atoms with E-state index in [0.717, 1.165) is 29.7 Å². The third kappa shape index (κ3) is 3.72. The molecule has 10 heteroatoms. The van der Waals surface area contributed by atoms with Crippen molar-refractivity contribution in [1.29, 1.82) is 0 Å². The van der Waals surface area contributed by atoms with Gasteiger partial charge in [-0.05, 0) is 33.5 Å². The first-order valence-corrected chi connectivity index (χ1v) is 10.8. The zero-order valence-corrected chi connectivity index (χ0v) is 18.3. The molecule has 1 atom stereocenters. The lowest BCUT2D eigenvalue weighted by Crippen LogP contribution is -2.32. The second-order valence-corrected chi connectivity index (χ2v) is 9.07. The van der Waals surface area contributed by atoms with Gasteiger partial charge in [-0.25, -0.2) is 19.3 Å². The smallest absolute Gasteiger partial charge is 0.265 e. The molecule has 0 bridgehead atoms. The first kappa shape index (κ1) is 19.8. The van der Waals surface area contributed by atoms with Crippen molar-refractivity contribution in [3.8, 4) is 0 Å². The fourth-order valence-corrected chi connectivity index (χ4v) is 4.77. The topological polar surface area (TPSA) is 78.7 Å². The van der Waals surface area contributed by atoms with Crippen LogP contribution in [-0.2, 0) is 0 Å². The summed E-state index contributed by atoms with van der Waals surface area (Å²) in [5.41, 5.74) is 1.30. The average Bonchev–Trinajstić information content (AvgIpc) is 3.44. The maximum Gasteiger partial charge on any atom is 0.265 e. The summed E-state index contributed by atoms with van der Waals surface area (Å²) in [6.07, 6.45) is 6.19. The van der Waals surface area contributed by atoms with Gasteiger partial charge in [-0.1, -0.05) is 0 Å². The second-order valence-electron chi connectivity index (χ2n) is 8.04. The summed E-state index contributed by atoms with van der Waals surface area (Å²) in [4.78, 5) is 31.7. The van der Waals surface area contributed by atoms with E-state index in [1.165, 1.54) is 17.4 Å². The summed E-state index contributed by atoms with van der Waals surface area (Å²) in [5.74, 6) is -0.109. The number of fused-ring (bicyclic) bond motifs is 2. The number of aromatic nitrogens is 4. The number of nitrogens with zero attached hydrogens (tertiary/aromatic N) is 6. The molecule has 1 amide bonds. The molecule has 4 aromatic rings. The van der Waals surface area contributed by atoms with E-state index >= 15 is 0 Å². The number of rotatable bonds is 4. The van der Waals surface area contributed by atoms with Gasteiger partial charge in [0.15, 0.2) is 11.5 Å². The number of imidazole rings is 1. The monoisotopic (exact) mass is 439 g/mol. The molecule has 0 saturated carbocycles. The number of anilines is 2. The lowest BCUT2D eigenvalue weighted by molar-refractivity contribution is 0.103. The van der Waals surface area contributed by atoms with E-state index in [9.17, 15) is 9.18 Å². The molecular formula is C21H22FN7OS. The van der Waals surface area contributed by atoms with Crippen molar-refractivity contribution >= 4 is 44.7 Å². The Kier molecular flexibility index (Phi) is 4.82. The van der Waals surface area contributed by atoms with Gasteiger partial charge in [0.25, 0.3) is 5.91 Å². The van der Waals surface area contributed by atoms with Gasteiger partial charge in [0, 0.05) is 49.2 Å². The lowest BCUT2D eigenvalue weighted by Gasteiger charge is -2.20. The number of hydrogen-bond acceptors (Lipinski definition) is 7. The number of nitrogens with one attached hydrogen (secondary N) is 1. The van der Waals surface area contributed by atoms with Crippen LogP contribution in [0.1, 0.15) is 21.8 Å². The molecule has 5 rings (SSSR count). The number of carbonyl (C=O) groups is 1. The second kappa shape index (κ2) is 7.54. The third-order valence-electron chi connectivity index (χ3n) is 5.55. The van der Waals surface area contributed by atoms with Crippen molar-refractivity contribution in [2.75, 3.05) is 37.4 Å². The molecule has 1 fully saturated rings. The van der Waals surface area contributed by atoms with Crippen LogP contribution in [0.25, 0.3) is 15.9 Å². The standard InChI is InChI=1S/C21H22FN7OS/c1-12-9-29-10-14(7-16(22)18(29)24-12)25-19(30)17-6-13-8-23-21(26-20(13)31-17)28-5-4-15(11-28)27(2)3/h6-10,15H,4-5,11H2,1-3H3,(H,25,30)/t15-/m0/s1. The van der Waals surface area contributed by atoms with Crippen LogP contribution in [0.2, 0.25) is 0 Å². The molecule has 0 radical (unpaired) electrons. The third-order valence-corrected chi connectivity index (χ3v) is 6.59. The van der Waals surface area contributed by atoms with Gasteiger partial charge < -0.3 is 19.5 Å². The van der Waals surface area contributed by atoms with Crippen molar-refractivity contribution in [1.82, 2.24) is 24.3 Å². The Morgan fingerprint density at radius 2 is 2.13 bits per heavy atom. The molecule has 1 aliphatic rings. The molecule has 0 aromatic carbocycles. The molecule has 4 aromatic heterocycles. The molecule has 1 aliphatic heterocycles. The summed E-state index contributed by atoms with van der Waals surface area (Å²) in [6.45, 7) is 3.59. The van der Waals surface area contributed by atoms with Crippen LogP contribution in [0.5, 0.6) is 0 Å². The van der Waals surface area contributed by atoms with Crippen LogP contribution < -0.4 is 10.2 Å². The molecule has 1 N–H and O–H groups in total. The van der Waals surface area contributed by atoms with E-state index in [1.807, 2.05) is 0 Å². The minimum atomic E-state index is -0.487. The van der Waals surface area contributed by atoms with E-state index in [0.29, 0.717) is 28.2 Å². The lowest BCUT2D eigenvalue weighted by atomic mass is 10.2. The van der Waals surface area contributed by atoms with Gasteiger partial charge in [-0.15, -0.1) is 11.3 Å². The molecule has 0 unspecified atom stereocenters. The predicted octanol–water partition coefficient (Wildman–Crippen LogP) is 3.18. The summed E-state index contributed by atoms with van der Waals surface area (Å²) in [6, 6.07) is 3.53. The minimum Gasteiger partial charge on any atom is -0.339 e. The van der Waals surface area contributed by atoms with Gasteiger partial charge in [-0.2, -0.15) is 0 Å². The van der Waals surface area contributed by atoms with E-state index < -0.39 is 5.82 Å². The number of thiophene rings is 1. The van der Waals surface area contributed by atoms with Gasteiger partial charge in [0.05, 0.1) is 16.3 Å². The maximum atomic E-state index is 14.3. The van der Waals surface area contributed by atoms with Gasteiger partial charge >= 0.3 is 0 Å². The van der Waals surface area contributed by atoms with Crippen LogP contribution >= 0.6 is 11.3 Å². The quantitative estimate of drug-likeness (QED) is 0.526. The summed E-state index contributed by atoms with van der Waals surface area (Å²) in [7, 11) is 4.17. The van der Waals surface area contributed by atoms with Gasteiger partial charge in [0.2, 0.25) is 5.95 Å². The van der Waals surface area contributed by atoms with E-state index in [2.05, 4.69) is 44.2 Å². The summed E-state index contributed by atoms with van der Waals surface area (Å²) >= 11 is 1.30. The highest BCUT2D eigenvalue weighted by Crippen LogP contribution is 2.27. The van der Waals surface area contributed by atoms with Crippen LogP contribution in [0.4, 0.5) is 16.0 Å². The largest absolute Gasteiger partial charge is 0.339 e. The number of hydrogen-bond donors (Lipinski definition) is 1. The van der Waals surface area contributed by atoms with Crippen molar-refractivity contribution < 1.29 is 9.18 Å². The normalized spacial score (nSPS) is 16.7. The molecule has 8 nitrogen and oxygen atoms in total. The van der Waals surface area contributed by atoms with E-state index in [1.54, 1.807) is 36.0 Å². The molecule has 5 heterocycles. The minimum absolute atomic E-state index is 0.235. The Balaban J connectivity index is 1.37. The average molecular weight is 440 g/mol. The van der Waals surface area contributed by atoms with Gasteiger partial charge in [0.1, 0.15) is 4.83 Å². The van der Waals surface area contributed by atoms with Crippen LogP contribution in [0.3, 0.4) is 0 Å². The maximum absolute atomic E-state index is 14.3. The number of aryl methyl sites for hydroxylation is 1. The molecule has 0 spiro atoms. The highest BCUT2D eigenvalue weighted by Gasteiger charge is 2.26. The van der Waals surface area contributed by atoms with Crippen LogP contribution in [-0.4, -0.2) is 63.4 Å². The fourth-order valence-electron chi connectivity index (χ4n) is 3.87. The molecule has 160 valence electrons. The first-order chi connectivity index (χ1) is 14.9. The highest BCUT2D eigenvalue weighted by atomic mass is 32.1. The number of pyridine rings is 1. The van der Waals surface area contributed by atoms with Crippen molar-refractivity contribution in [2.45, 2.75) is 19.4 Å². The number of likely N-dealkylation sites (N-methyl/N-ethyl adjacent to an activating group) is 1. The van der Waals surface area contributed by atoms with Crippen LogP contribution in [0.15, 0.2) is 30.7 Å². The van der Waals surface area contributed by atoms with Gasteiger partial charge in [-0.3, -0.25) is 4.79 Å². The zero-order chi connectivity index (χ0) is 21.7. The van der Waals surface area contributed by atoms with Crippen molar-refractivity contribution in [2.24, 2.45) is 0 Å². The van der Waals surface area contributed by atoms with E-state index in [-0.39, 0.29) is 11.6 Å². The molecular weight excluding hydrogens is 417 g/mol. The number of carbonyl (C=O) groups excluding carboxylic acids is 1. The Morgan fingerprint density at radius 1 is 1.29 bits per heavy atom. The number of halogens is 1. The Bertz CT molecular complexity index is 1300. The predicted molar refractivity (Wildman–Crippen MR) is 120 cm³/mol. The first-order valence-electron chi connectivity index (χ1n) is 10.0. The van der Waals surface area contributed by atoms with Crippen LogP contribution in [0, 0.1) is 12.7 Å². The highest BCUT2D eigenvalue weighted by molar-refractivity contribution is 7.20. The molecule has 0 aliphatic carbocycles. The van der Waals surface area contributed by atoms with E-state index in [4.69, 9.17) is 0 Å². The van der Waals surface area contributed by atoms with Crippen molar-refractivity contribution in [3.63, 3.8) is 0 Å². The Labute approximate surface area is 182 Å². The Hall–Kier alpha value is -3.11. The SMILES string of the molecule is Cc1cn2cc(NC(=O)c3cc4cnc(N5CC[C@H](N(C)C)C5)nc4s3)cc(F)c2n1. The number of amides is 1. The Morgan fingerprint density at radius 3 is 2.90 bits per heavy atom. The zero-order valence-electron chi connectivity index (χ0n) is 17.5. The summed E-state index contributed by atoms with van der Waals surface area (Å²) in [5, 5.41) is 3.58. The molecule has 1 saturated heterocycles. The van der Waals surface area contributed by atoms with Crippen molar-refractivity contribution in [3.05, 3.63) is 47.1 Å².